The van der Waals surface area contributed by atoms with Crippen LogP contribution < -0.4 is 21.9 Å². The molecule has 0 saturated carbocycles. The van der Waals surface area contributed by atoms with Crippen molar-refractivity contribution >= 4 is 17.4 Å². The second-order valence-corrected chi connectivity index (χ2v) is 6.49. The normalized spacial score (nSPS) is 10.8. The van der Waals surface area contributed by atoms with E-state index in [9.17, 15) is 14.4 Å². The van der Waals surface area contributed by atoms with E-state index >= 15 is 0 Å². The molecule has 2 heterocycles. The van der Waals surface area contributed by atoms with Crippen LogP contribution in [0.15, 0.2) is 50.5 Å². The Morgan fingerprint density at radius 1 is 1.24 bits per heavy atom. The van der Waals surface area contributed by atoms with Crippen LogP contribution in [0.2, 0.25) is 0 Å². The molecule has 1 aromatic carbocycles. The van der Waals surface area contributed by atoms with Crippen molar-refractivity contribution in [3.63, 3.8) is 0 Å². The third kappa shape index (κ3) is 3.98. The standard InChI is InChI=1S/C20H23N5O4/c1-3-5-11-25-17(21)16(18(26)22-20(25)28)24(4-2)19(27)14-12-15(29-23-14)13-9-7-6-8-10-13/h6-10,12H,3-5,11,21H2,1-2H3,(H,22,26,28). The number of anilines is 2. The molecule has 0 radical (unpaired) electrons. The number of carbonyl (C=O) groups is 1. The lowest BCUT2D eigenvalue weighted by molar-refractivity contribution is 0.0979. The number of aromatic amines is 1. The van der Waals surface area contributed by atoms with Gasteiger partial charge in [-0.1, -0.05) is 48.8 Å². The Morgan fingerprint density at radius 3 is 2.62 bits per heavy atom. The largest absolute Gasteiger partial charge is 0.383 e. The number of nitrogens with two attached hydrogens (primary N) is 1. The molecule has 152 valence electrons. The number of aromatic nitrogens is 3. The SMILES string of the molecule is CCCCn1c(N)c(N(CC)C(=O)c2cc(-c3ccccc3)on2)c(=O)[nH]c1=O. The average molecular weight is 397 g/mol. The van der Waals surface area contributed by atoms with Gasteiger partial charge in [0.1, 0.15) is 5.82 Å². The van der Waals surface area contributed by atoms with Crippen LogP contribution in [0, 0.1) is 0 Å². The third-order valence-corrected chi connectivity index (χ3v) is 4.57. The number of hydrogen-bond donors (Lipinski definition) is 2. The van der Waals surface area contributed by atoms with Crippen molar-refractivity contribution in [1.82, 2.24) is 14.7 Å². The fourth-order valence-electron chi connectivity index (χ4n) is 3.03. The van der Waals surface area contributed by atoms with Crippen molar-refractivity contribution in [2.45, 2.75) is 33.2 Å². The summed E-state index contributed by atoms with van der Waals surface area (Å²) in [5, 5.41) is 3.85. The molecule has 0 spiro atoms. The summed E-state index contributed by atoms with van der Waals surface area (Å²) >= 11 is 0. The Bertz CT molecular complexity index is 1110. The van der Waals surface area contributed by atoms with Gasteiger partial charge < -0.3 is 10.3 Å². The predicted molar refractivity (Wildman–Crippen MR) is 110 cm³/mol. The second-order valence-electron chi connectivity index (χ2n) is 6.49. The topological polar surface area (TPSA) is 127 Å². The lowest BCUT2D eigenvalue weighted by atomic mass is 10.1. The van der Waals surface area contributed by atoms with Crippen LogP contribution in [0.25, 0.3) is 11.3 Å². The molecule has 0 aliphatic carbocycles. The molecule has 29 heavy (non-hydrogen) atoms. The highest BCUT2D eigenvalue weighted by Crippen LogP contribution is 2.23. The Kier molecular flexibility index (Phi) is 5.96. The summed E-state index contributed by atoms with van der Waals surface area (Å²) in [5.41, 5.74) is 5.54. The maximum absolute atomic E-state index is 13.0. The summed E-state index contributed by atoms with van der Waals surface area (Å²) in [5.74, 6) is -0.162. The fourth-order valence-corrected chi connectivity index (χ4v) is 3.03. The molecule has 0 atom stereocenters. The summed E-state index contributed by atoms with van der Waals surface area (Å²) in [6.07, 6.45) is 1.55. The van der Waals surface area contributed by atoms with Crippen LogP contribution in [0.3, 0.4) is 0 Å². The Labute approximate surface area is 166 Å². The zero-order valence-electron chi connectivity index (χ0n) is 16.3. The average Bonchev–Trinajstić information content (AvgIpc) is 3.21. The molecular formula is C20H23N5O4. The quantitative estimate of drug-likeness (QED) is 0.629. The number of hydrogen-bond acceptors (Lipinski definition) is 6. The molecule has 3 aromatic rings. The zero-order chi connectivity index (χ0) is 21.0. The molecule has 0 aliphatic heterocycles. The summed E-state index contributed by atoms with van der Waals surface area (Å²) < 4.78 is 6.56. The Hall–Kier alpha value is -3.62. The van der Waals surface area contributed by atoms with Gasteiger partial charge in [-0.2, -0.15) is 0 Å². The highest BCUT2D eigenvalue weighted by atomic mass is 16.5. The number of H-pyrrole nitrogens is 1. The molecule has 0 aliphatic rings. The number of benzene rings is 1. The van der Waals surface area contributed by atoms with Gasteiger partial charge in [0, 0.05) is 24.7 Å². The predicted octanol–water partition coefficient (Wildman–Crippen LogP) is 2.24. The summed E-state index contributed by atoms with van der Waals surface area (Å²) in [6.45, 7) is 4.19. The first-order valence-corrected chi connectivity index (χ1v) is 9.44. The van der Waals surface area contributed by atoms with E-state index in [0.29, 0.717) is 18.7 Å². The molecular weight excluding hydrogens is 374 g/mol. The molecule has 3 rings (SSSR count). The van der Waals surface area contributed by atoms with Crippen LogP contribution in [0.1, 0.15) is 37.2 Å². The molecule has 9 heteroatoms. The van der Waals surface area contributed by atoms with E-state index in [1.807, 2.05) is 37.3 Å². The first-order valence-electron chi connectivity index (χ1n) is 9.44. The Morgan fingerprint density at radius 2 is 1.97 bits per heavy atom. The molecule has 1 amide bonds. The number of nitrogens with zero attached hydrogens (tertiary/aromatic N) is 3. The number of nitrogens with one attached hydrogen (secondary N) is 1. The van der Waals surface area contributed by atoms with E-state index in [2.05, 4.69) is 10.1 Å². The second kappa shape index (κ2) is 8.59. The first-order chi connectivity index (χ1) is 14.0. The van der Waals surface area contributed by atoms with Crippen molar-refractivity contribution in [3.05, 3.63) is 62.9 Å². The lowest BCUT2D eigenvalue weighted by Gasteiger charge is -2.22. The molecule has 0 unspecified atom stereocenters. The van der Waals surface area contributed by atoms with Crippen LogP contribution in [-0.2, 0) is 6.54 Å². The van der Waals surface area contributed by atoms with E-state index in [4.69, 9.17) is 10.3 Å². The number of unbranched alkanes of at least 4 members (excludes halogenated alkanes) is 1. The highest BCUT2D eigenvalue weighted by Gasteiger charge is 2.26. The van der Waals surface area contributed by atoms with Crippen molar-refractivity contribution < 1.29 is 9.32 Å². The van der Waals surface area contributed by atoms with Gasteiger partial charge in [-0.25, -0.2) is 4.79 Å². The van der Waals surface area contributed by atoms with Gasteiger partial charge in [-0.3, -0.25) is 24.0 Å². The van der Waals surface area contributed by atoms with Gasteiger partial charge in [0.15, 0.2) is 17.1 Å². The third-order valence-electron chi connectivity index (χ3n) is 4.57. The van der Waals surface area contributed by atoms with Crippen molar-refractivity contribution in [2.75, 3.05) is 17.2 Å². The number of carbonyl (C=O) groups excluding carboxylic acids is 1. The van der Waals surface area contributed by atoms with Gasteiger partial charge in [0.25, 0.3) is 11.5 Å². The van der Waals surface area contributed by atoms with Crippen LogP contribution >= 0.6 is 0 Å². The van der Waals surface area contributed by atoms with Crippen molar-refractivity contribution in [1.29, 1.82) is 0 Å². The van der Waals surface area contributed by atoms with Crippen LogP contribution in [-0.4, -0.2) is 27.2 Å². The summed E-state index contributed by atoms with van der Waals surface area (Å²) in [6, 6.07) is 10.7. The summed E-state index contributed by atoms with van der Waals surface area (Å²) in [4.78, 5) is 41.1. The van der Waals surface area contributed by atoms with Crippen molar-refractivity contribution in [3.8, 4) is 11.3 Å². The minimum absolute atomic E-state index is 0.0378. The number of nitrogen functional groups attached to an aromatic ring is 1. The smallest absolute Gasteiger partial charge is 0.330 e. The van der Waals surface area contributed by atoms with Gasteiger partial charge in [0.05, 0.1) is 0 Å². The molecule has 0 saturated heterocycles. The van der Waals surface area contributed by atoms with Gasteiger partial charge in [-0.15, -0.1) is 0 Å². The summed E-state index contributed by atoms with van der Waals surface area (Å²) in [7, 11) is 0. The van der Waals surface area contributed by atoms with Gasteiger partial charge in [-0.05, 0) is 13.3 Å². The van der Waals surface area contributed by atoms with Gasteiger partial charge >= 0.3 is 5.69 Å². The lowest BCUT2D eigenvalue weighted by Crippen LogP contribution is -2.41. The van der Waals surface area contributed by atoms with E-state index in [1.165, 1.54) is 15.5 Å². The van der Waals surface area contributed by atoms with E-state index < -0.39 is 17.2 Å². The number of rotatable bonds is 7. The van der Waals surface area contributed by atoms with E-state index in [1.54, 1.807) is 6.92 Å². The fraction of sp³-hybridized carbons (Fsp3) is 0.300. The minimum atomic E-state index is -0.720. The van der Waals surface area contributed by atoms with E-state index in [-0.39, 0.29) is 23.7 Å². The first kappa shape index (κ1) is 20.1. The van der Waals surface area contributed by atoms with Crippen LogP contribution in [0.5, 0.6) is 0 Å². The molecule has 9 nitrogen and oxygen atoms in total. The minimum Gasteiger partial charge on any atom is -0.383 e. The highest BCUT2D eigenvalue weighted by molar-refractivity contribution is 6.06. The zero-order valence-corrected chi connectivity index (χ0v) is 16.3. The molecule has 3 N–H and O–H groups in total. The maximum atomic E-state index is 13.0. The van der Waals surface area contributed by atoms with Gasteiger partial charge in [0.2, 0.25) is 0 Å². The van der Waals surface area contributed by atoms with Crippen molar-refractivity contribution in [2.24, 2.45) is 0 Å². The molecule has 2 aromatic heterocycles. The molecule has 0 bridgehead atoms. The van der Waals surface area contributed by atoms with E-state index in [0.717, 1.165) is 12.0 Å². The number of amides is 1. The monoisotopic (exact) mass is 397 g/mol. The maximum Gasteiger partial charge on any atom is 0.330 e. The Balaban J connectivity index is 2.00. The van der Waals surface area contributed by atoms with Crippen LogP contribution in [0.4, 0.5) is 11.5 Å². The molecule has 0 fully saturated rings.